The van der Waals surface area contributed by atoms with Crippen LogP contribution in [0.25, 0.3) is 0 Å². The maximum atomic E-state index is 12.0. The fourth-order valence-corrected chi connectivity index (χ4v) is 2.60. The average Bonchev–Trinajstić information content (AvgIpc) is 2.67. The fraction of sp³-hybridized carbons (Fsp3) is 0.300. The number of carbonyl (C=O) groups excluding carboxylic acids is 2. The van der Waals surface area contributed by atoms with Crippen molar-refractivity contribution in [2.24, 2.45) is 0 Å². The molecule has 0 saturated carbocycles. The molecule has 7 heteroatoms. The first-order chi connectivity index (χ1) is 13.0. The standard InChI is InChI=1S/C20H22N2O5/c1-22(2)16-6-4-15(5-7-16)21-19(23)13-27-20(24)12-14-3-8-17-18(11-14)26-10-9-25-17/h3-8,11H,9-10,12-13H2,1-2H3,(H,21,23). The Morgan fingerprint density at radius 3 is 2.44 bits per heavy atom. The number of fused-ring (bicyclic) bond motifs is 1. The summed E-state index contributed by atoms with van der Waals surface area (Å²) >= 11 is 0. The Hall–Kier alpha value is -3.22. The second-order valence-corrected chi connectivity index (χ2v) is 6.30. The van der Waals surface area contributed by atoms with Crippen LogP contribution in [0.4, 0.5) is 11.4 Å². The summed E-state index contributed by atoms with van der Waals surface area (Å²) in [5, 5.41) is 2.70. The van der Waals surface area contributed by atoms with Gasteiger partial charge < -0.3 is 24.4 Å². The minimum Gasteiger partial charge on any atom is -0.486 e. The van der Waals surface area contributed by atoms with Gasteiger partial charge in [-0.1, -0.05) is 6.07 Å². The largest absolute Gasteiger partial charge is 0.486 e. The molecular formula is C20H22N2O5. The van der Waals surface area contributed by atoms with Crippen molar-refractivity contribution in [1.82, 2.24) is 0 Å². The highest BCUT2D eigenvalue weighted by atomic mass is 16.6. The summed E-state index contributed by atoms with van der Waals surface area (Å²) in [4.78, 5) is 25.9. The number of hydrogen-bond acceptors (Lipinski definition) is 6. The van der Waals surface area contributed by atoms with Gasteiger partial charge in [-0.15, -0.1) is 0 Å². The molecule has 0 atom stereocenters. The van der Waals surface area contributed by atoms with Crippen molar-refractivity contribution in [2.75, 3.05) is 44.1 Å². The minimum atomic E-state index is -0.482. The Kier molecular flexibility index (Phi) is 5.80. The van der Waals surface area contributed by atoms with Crippen molar-refractivity contribution in [2.45, 2.75) is 6.42 Å². The lowest BCUT2D eigenvalue weighted by atomic mass is 10.1. The van der Waals surface area contributed by atoms with Crippen LogP contribution in [0.2, 0.25) is 0 Å². The Labute approximate surface area is 157 Å². The van der Waals surface area contributed by atoms with E-state index in [-0.39, 0.29) is 18.9 Å². The first-order valence-corrected chi connectivity index (χ1v) is 8.62. The van der Waals surface area contributed by atoms with Gasteiger partial charge in [0.15, 0.2) is 18.1 Å². The molecule has 2 aromatic rings. The number of esters is 1. The molecule has 1 amide bonds. The minimum absolute atomic E-state index is 0.0570. The zero-order chi connectivity index (χ0) is 19.2. The average molecular weight is 370 g/mol. The summed E-state index contributed by atoms with van der Waals surface area (Å²) in [5.41, 5.74) is 2.41. The molecule has 142 valence electrons. The molecule has 1 aliphatic rings. The third-order valence-corrected chi connectivity index (χ3v) is 3.99. The molecule has 0 fully saturated rings. The van der Waals surface area contributed by atoms with Gasteiger partial charge in [0.25, 0.3) is 5.91 Å². The molecule has 1 heterocycles. The molecule has 1 N–H and O–H groups in total. The molecule has 0 aliphatic carbocycles. The number of nitrogens with zero attached hydrogens (tertiary/aromatic N) is 1. The number of benzene rings is 2. The molecule has 3 rings (SSSR count). The Bertz CT molecular complexity index is 818. The van der Waals surface area contributed by atoms with Crippen molar-refractivity contribution >= 4 is 23.3 Å². The summed E-state index contributed by atoms with van der Waals surface area (Å²) in [6.07, 6.45) is 0.0570. The Morgan fingerprint density at radius 1 is 1.04 bits per heavy atom. The first kappa shape index (κ1) is 18.6. The number of ether oxygens (including phenoxy) is 3. The molecule has 7 nitrogen and oxygen atoms in total. The summed E-state index contributed by atoms with van der Waals surface area (Å²) in [5.74, 6) is 0.413. The summed E-state index contributed by atoms with van der Waals surface area (Å²) in [6.45, 7) is 0.663. The number of nitrogens with one attached hydrogen (secondary N) is 1. The van der Waals surface area contributed by atoms with Crippen LogP contribution in [0.3, 0.4) is 0 Å². The predicted molar refractivity (Wildman–Crippen MR) is 101 cm³/mol. The van der Waals surface area contributed by atoms with Crippen molar-refractivity contribution in [3.05, 3.63) is 48.0 Å². The van der Waals surface area contributed by atoms with Crippen LogP contribution in [0.1, 0.15) is 5.56 Å². The van der Waals surface area contributed by atoms with Crippen LogP contribution < -0.4 is 19.7 Å². The van der Waals surface area contributed by atoms with Gasteiger partial charge in [-0.25, -0.2) is 0 Å². The van der Waals surface area contributed by atoms with Crippen LogP contribution in [0, 0.1) is 0 Å². The lowest BCUT2D eigenvalue weighted by Crippen LogP contribution is -2.21. The third-order valence-electron chi connectivity index (χ3n) is 3.99. The van der Waals surface area contributed by atoms with E-state index in [2.05, 4.69) is 5.32 Å². The van der Waals surface area contributed by atoms with Crippen LogP contribution in [0.5, 0.6) is 11.5 Å². The molecule has 2 aromatic carbocycles. The smallest absolute Gasteiger partial charge is 0.310 e. The van der Waals surface area contributed by atoms with Crippen LogP contribution >= 0.6 is 0 Å². The lowest BCUT2D eigenvalue weighted by molar-refractivity contribution is -0.146. The lowest BCUT2D eigenvalue weighted by Gasteiger charge is -2.18. The highest BCUT2D eigenvalue weighted by molar-refractivity contribution is 5.93. The summed E-state index contributed by atoms with van der Waals surface area (Å²) in [6, 6.07) is 12.7. The van der Waals surface area contributed by atoms with Gasteiger partial charge in [0, 0.05) is 25.5 Å². The van der Waals surface area contributed by atoms with Gasteiger partial charge in [0.1, 0.15) is 13.2 Å². The third kappa shape index (κ3) is 5.13. The van der Waals surface area contributed by atoms with Gasteiger partial charge >= 0.3 is 5.97 Å². The predicted octanol–water partition coefficient (Wildman–Crippen LogP) is 2.25. The number of rotatable bonds is 6. The van der Waals surface area contributed by atoms with Gasteiger partial charge in [-0.05, 0) is 42.0 Å². The maximum Gasteiger partial charge on any atom is 0.310 e. The van der Waals surface area contributed by atoms with E-state index in [1.807, 2.05) is 31.1 Å². The van der Waals surface area contributed by atoms with Crippen LogP contribution in [0.15, 0.2) is 42.5 Å². The molecule has 1 aliphatic heterocycles. The first-order valence-electron chi connectivity index (χ1n) is 8.62. The van der Waals surface area contributed by atoms with E-state index in [4.69, 9.17) is 14.2 Å². The van der Waals surface area contributed by atoms with Crippen molar-refractivity contribution < 1.29 is 23.8 Å². The van der Waals surface area contributed by atoms with E-state index < -0.39 is 5.97 Å². The highest BCUT2D eigenvalue weighted by Gasteiger charge is 2.14. The van der Waals surface area contributed by atoms with Crippen molar-refractivity contribution in [3.63, 3.8) is 0 Å². The van der Waals surface area contributed by atoms with E-state index in [1.165, 1.54) is 0 Å². The second kappa shape index (κ2) is 8.44. The summed E-state index contributed by atoms with van der Waals surface area (Å²) < 4.78 is 16.0. The SMILES string of the molecule is CN(C)c1ccc(NC(=O)COC(=O)Cc2ccc3c(c2)OCCO3)cc1. The van der Waals surface area contributed by atoms with Gasteiger partial charge in [-0.2, -0.15) is 0 Å². The zero-order valence-electron chi connectivity index (χ0n) is 15.4. The fourth-order valence-electron chi connectivity index (χ4n) is 2.60. The van der Waals surface area contributed by atoms with Gasteiger partial charge in [-0.3, -0.25) is 9.59 Å². The summed E-state index contributed by atoms with van der Waals surface area (Å²) in [7, 11) is 3.88. The second-order valence-electron chi connectivity index (χ2n) is 6.30. The van der Waals surface area contributed by atoms with Gasteiger partial charge in [0.2, 0.25) is 0 Å². The van der Waals surface area contributed by atoms with E-state index in [1.54, 1.807) is 30.3 Å². The van der Waals surface area contributed by atoms with E-state index in [0.29, 0.717) is 30.4 Å². The molecule has 0 spiro atoms. The normalized spacial score (nSPS) is 12.2. The number of anilines is 2. The topological polar surface area (TPSA) is 77.1 Å². The zero-order valence-corrected chi connectivity index (χ0v) is 15.4. The number of amides is 1. The maximum absolute atomic E-state index is 12.0. The Morgan fingerprint density at radius 2 is 1.74 bits per heavy atom. The molecular weight excluding hydrogens is 348 g/mol. The number of carbonyl (C=O) groups is 2. The molecule has 0 aromatic heterocycles. The van der Waals surface area contributed by atoms with E-state index >= 15 is 0 Å². The van der Waals surface area contributed by atoms with E-state index in [0.717, 1.165) is 11.3 Å². The van der Waals surface area contributed by atoms with Gasteiger partial charge in [0.05, 0.1) is 6.42 Å². The molecule has 0 saturated heterocycles. The number of hydrogen-bond donors (Lipinski definition) is 1. The van der Waals surface area contributed by atoms with Crippen LogP contribution in [-0.4, -0.2) is 45.8 Å². The monoisotopic (exact) mass is 370 g/mol. The van der Waals surface area contributed by atoms with E-state index in [9.17, 15) is 9.59 Å². The molecule has 0 bridgehead atoms. The van der Waals surface area contributed by atoms with Crippen molar-refractivity contribution in [1.29, 1.82) is 0 Å². The molecule has 0 unspecified atom stereocenters. The quantitative estimate of drug-likeness (QED) is 0.786. The van der Waals surface area contributed by atoms with Crippen molar-refractivity contribution in [3.8, 4) is 11.5 Å². The molecule has 27 heavy (non-hydrogen) atoms. The Balaban J connectivity index is 1.46. The molecule has 0 radical (unpaired) electrons. The van der Waals surface area contributed by atoms with Crippen LogP contribution in [-0.2, 0) is 20.7 Å². The highest BCUT2D eigenvalue weighted by Crippen LogP contribution is 2.30.